The van der Waals surface area contributed by atoms with E-state index in [-0.39, 0.29) is 5.70 Å². The van der Waals surface area contributed by atoms with E-state index in [4.69, 9.17) is 11.6 Å². The summed E-state index contributed by atoms with van der Waals surface area (Å²) in [4.78, 5) is 25.3. The zero-order chi connectivity index (χ0) is 19.1. The smallest absolute Gasteiger partial charge is 0.272 e. The maximum atomic E-state index is 12.7. The zero-order valence-corrected chi connectivity index (χ0v) is 15.1. The molecule has 0 spiro atoms. The number of nitrogens with one attached hydrogen (secondary N) is 2. The van der Waals surface area contributed by atoms with Crippen molar-refractivity contribution in [1.29, 1.82) is 0 Å². The molecule has 3 rings (SSSR count). The molecule has 0 heterocycles. The molecule has 0 unspecified atom stereocenters. The summed E-state index contributed by atoms with van der Waals surface area (Å²) in [5.41, 5.74) is 1.93. The van der Waals surface area contributed by atoms with E-state index in [1.165, 1.54) is 0 Å². The van der Waals surface area contributed by atoms with Crippen LogP contribution >= 0.6 is 11.6 Å². The SMILES string of the molecule is O=C(Nc1ccccc1)/C(=C\c1ccccc1)NC(=O)c1cccc(Cl)c1. The van der Waals surface area contributed by atoms with Crippen LogP contribution in [0.4, 0.5) is 5.69 Å². The minimum atomic E-state index is -0.416. The van der Waals surface area contributed by atoms with Gasteiger partial charge in [0.15, 0.2) is 0 Å². The molecule has 0 saturated carbocycles. The normalized spacial score (nSPS) is 10.9. The third-order valence-electron chi connectivity index (χ3n) is 3.72. The maximum Gasteiger partial charge on any atom is 0.272 e. The van der Waals surface area contributed by atoms with Gasteiger partial charge in [-0.25, -0.2) is 0 Å². The van der Waals surface area contributed by atoms with Crippen LogP contribution in [0, 0.1) is 0 Å². The molecule has 27 heavy (non-hydrogen) atoms. The Labute approximate surface area is 162 Å². The third-order valence-corrected chi connectivity index (χ3v) is 3.96. The molecular formula is C22H17ClN2O2. The van der Waals surface area contributed by atoms with Crippen molar-refractivity contribution in [1.82, 2.24) is 5.32 Å². The zero-order valence-electron chi connectivity index (χ0n) is 14.4. The molecule has 0 aliphatic heterocycles. The van der Waals surface area contributed by atoms with Gasteiger partial charge >= 0.3 is 0 Å². The highest BCUT2D eigenvalue weighted by molar-refractivity contribution is 6.31. The highest BCUT2D eigenvalue weighted by Crippen LogP contribution is 2.13. The fourth-order valence-electron chi connectivity index (χ4n) is 2.42. The van der Waals surface area contributed by atoms with Crippen LogP contribution in [0.5, 0.6) is 0 Å². The van der Waals surface area contributed by atoms with Gasteiger partial charge < -0.3 is 10.6 Å². The molecule has 0 aromatic heterocycles. The van der Waals surface area contributed by atoms with Gasteiger partial charge in [-0.05, 0) is 42.0 Å². The average Bonchev–Trinajstić information content (AvgIpc) is 2.69. The number of carbonyl (C=O) groups is 2. The molecule has 3 aromatic rings. The minimum absolute atomic E-state index is 0.134. The second-order valence-corrected chi connectivity index (χ2v) is 6.19. The van der Waals surface area contributed by atoms with Crippen LogP contribution in [0.3, 0.4) is 0 Å². The van der Waals surface area contributed by atoms with Gasteiger partial charge in [-0.1, -0.05) is 66.2 Å². The van der Waals surface area contributed by atoms with E-state index < -0.39 is 11.8 Å². The van der Waals surface area contributed by atoms with E-state index in [1.54, 1.807) is 42.5 Å². The largest absolute Gasteiger partial charge is 0.321 e. The molecule has 3 aromatic carbocycles. The summed E-state index contributed by atoms with van der Waals surface area (Å²) in [7, 11) is 0. The molecule has 2 N–H and O–H groups in total. The first-order chi connectivity index (χ1) is 13.1. The molecule has 0 saturated heterocycles. The molecular weight excluding hydrogens is 360 g/mol. The number of para-hydroxylation sites is 1. The summed E-state index contributed by atoms with van der Waals surface area (Å²) in [5.74, 6) is -0.830. The predicted molar refractivity (Wildman–Crippen MR) is 108 cm³/mol. The molecule has 4 nitrogen and oxygen atoms in total. The van der Waals surface area contributed by atoms with Gasteiger partial charge in [-0.2, -0.15) is 0 Å². The van der Waals surface area contributed by atoms with Crippen molar-refractivity contribution in [2.24, 2.45) is 0 Å². The van der Waals surface area contributed by atoms with Gasteiger partial charge in [-0.15, -0.1) is 0 Å². The summed E-state index contributed by atoms with van der Waals surface area (Å²) in [6.45, 7) is 0. The molecule has 2 amide bonds. The minimum Gasteiger partial charge on any atom is -0.321 e. The number of benzene rings is 3. The lowest BCUT2D eigenvalue weighted by atomic mass is 10.1. The number of hydrogen-bond acceptors (Lipinski definition) is 2. The number of hydrogen-bond donors (Lipinski definition) is 2. The van der Waals surface area contributed by atoms with E-state index in [1.807, 2.05) is 48.5 Å². The summed E-state index contributed by atoms with van der Waals surface area (Å²) >= 11 is 5.95. The molecule has 0 radical (unpaired) electrons. The Morgan fingerprint density at radius 2 is 1.48 bits per heavy atom. The van der Waals surface area contributed by atoms with Crippen LogP contribution < -0.4 is 10.6 Å². The quantitative estimate of drug-likeness (QED) is 0.631. The van der Waals surface area contributed by atoms with Gasteiger partial charge in [0.1, 0.15) is 5.70 Å². The first-order valence-corrected chi connectivity index (χ1v) is 8.70. The lowest BCUT2D eigenvalue weighted by molar-refractivity contribution is -0.113. The van der Waals surface area contributed by atoms with E-state index in [0.717, 1.165) is 5.56 Å². The Balaban J connectivity index is 1.86. The monoisotopic (exact) mass is 376 g/mol. The second-order valence-electron chi connectivity index (χ2n) is 5.75. The number of amides is 2. The lowest BCUT2D eigenvalue weighted by Gasteiger charge is -2.11. The Morgan fingerprint density at radius 3 is 2.15 bits per heavy atom. The topological polar surface area (TPSA) is 58.2 Å². The molecule has 0 atom stereocenters. The van der Waals surface area contributed by atoms with Gasteiger partial charge in [0.2, 0.25) is 0 Å². The van der Waals surface area contributed by atoms with E-state index >= 15 is 0 Å². The predicted octanol–water partition coefficient (Wildman–Crippen LogP) is 4.75. The molecule has 0 bridgehead atoms. The fraction of sp³-hybridized carbons (Fsp3) is 0. The maximum absolute atomic E-state index is 12.7. The molecule has 0 aliphatic rings. The van der Waals surface area contributed by atoms with Crippen LogP contribution in [-0.4, -0.2) is 11.8 Å². The Kier molecular flexibility index (Phi) is 6.02. The fourth-order valence-corrected chi connectivity index (χ4v) is 2.61. The van der Waals surface area contributed by atoms with Gasteiger partial charge in [0, 0.05) is 16.3 Å². The lowest BCUT2D eigenvalue weighted by Crippen LogP contribution is -2.30. The van der Waals surface area contributed by atoms with Crippen molar-refractivity contribution in [3.63, 3.8) is 0 Å². The van der Waals surface area contributed by atoms with Crippen molar-refractivity contribution in [3.05, 3.63) is 107 Å². The molecule has 0 aliphatic carbocycles. The van der Waals surface area contributed by atoms with E-state index in [9.17, 15) is 9.59 Å². The molecule has 134 valence electrons. The first kappa shape index (κ1) is 18.4. The van der Waals surface area contributed by atoms with Gasteiger partial charge in [0.25, 0.3) is 11.8 Å². The number of carbonyl (C=O) groups excluding carboxylic acids is 2. The summed E-state index contributed by atoms with van der Waals surface area (Å²) in [5, 5.41) is 5.91. The third kappa shape index (κ3) is 5.30. The summed E-state index contributed by atoms with van der Waals surface area (Å²) < 4.78 is 0. The number of anilines is 1. The van der Waals surface area contributed by atoms with Crippen LogP contribution in [0.15, 0.2) is 90.6 Å². The second kappa shape index (κ2) is 8.83. The van der Waals surface area contributed by atoms with Crippen molar-refractivity contribution in [3.8, 4) is 0 Å². The first-order valence-electron chi connectivity index (χ1n) is 8.32. The van der Waals surface area contributed by atoms with E-state index in [2.05, 4.69) is 10.6 Å². The number of rotatable bonds is 5. The van der Waals surface area contributed by atoms with Crippen molar-refractivity contribution >= 4 is 35.2 Å². The molecule has 0 fully saturated rings. The average molecular weight is 377 g/mol. The van der Waals surface area contributed by atoms with Crippen LogP contribution in [0.25, 0.3) is 6.08 Å². The highest BCUT2D eigenvalue weighted by Gasteiger charge is 2.15. The van der Waals surface area contributed by atoms with Crippen molar-refractivity contribution in [2.75, 3.05) is 5.32 Å². The van der Waals surface area contributed by atoms with Crippen LogP contribution in [-0.2, 0) is 4.79 Å². The van der Waals surface area contributed by atoms with Crippen LogP contribution in [0.2, 0.25) is 5.02 Å². The van der Waals surface area contributed by atoms with Crippen molar-refractivity contribution in [2.45, 2.75) is 0 Å². The standard InChI is InChI=1S/C22H17ClN2O2/c23-18-11-7-10-17(15-18)21(26)25-20(14-16-8-3-1-4-9-16)22(27)24-19-12-5-2-6-13-19/h1-15H,(H,24,27)(H,25,26)/b20-14+. The highest BCUT2D eigenvalue weighted by atomic mass is 35.5. The van der Waals surface area contributed by atoms with Crippen molar-refractivity contribution < 1.29 is 9.59 Å². The number of halogens is 1. The van der Waals surface area contributed by atoms with Gasteiger partial charge in [0.05, 0.1) is 0 Å². The van der Waals surface area contributed by atoms with Crippen LogP contribution in [0.1, 0.15) is 15.9 Å². The van der Waals surface area contributed by atoms with Gasteiger partial charge in [-0.3, -0.25) is 9.59 Å². The Bertz CT molecular complexity index is 970. The van der Waals surface area contributed by atoms with E-state index in [0.29, 0.717) is 16.3 Å². The Hall–Kier alpha value is -3.37. The molecule has 5 heteroatoms. The Morgan fingerprint density at radius 1 is 0.815 bits per heavy atom. The summed E-state index contributed by atoms with van der Waals surface area (Å²) in [6.07, 6.45) is 1.63. The summed E-state index contributed by atoms with van der Waals surface area (Å²) in [6, 6.07) is 24.9.